The number of para-hydroxylation sites is 1. The molecule has 0 saturated carbocycles. The van der Waals surface area contributed by atoms with Gasteiger partial charge in [-0.15, -0.1) is 0 Å². The van der Waals surface area contributed by atoms with E-state index >= 15 is 0 Å². The Hall–Kier alpha value is -2.60. The fourth-order valence-electron chi connectivity index (χ4n) is 2.40. The van der Waals surface area contributed by atoms with Crippen molar-refractivity contribution < 1.29 is 9.63 Å². The third kappa shape index (κ3) is 5.44. The summed E-state index contributed by atoms with van der Waals surface area (Å²) in [4.78, 5) is 21.8. The maximum Gasteiger partial charge on any atom is 0.276 e. The van der Waals surface area contributed by atoms with Crippen LogP contribution >= 0.6 is 23.2 Å². The number of anilines is 1. The molecule has 0 fully saturated rings. The van der Waals surface area contributed by atoms with E-state index in [2.05, 4.69) is 15.8 Å². The Labute approximate surface area is 167 Å². The lowest BCUT2D eigenvalue weighted by Gasteiger charge is -2.12. The molecule has 2 aromatic carbocycles. The maximum atomic E-state index is 12.5. The Balaban J connectivity index is 1.58. The van der Waals surface area contributed by atoms with E-state index in [1.807, 2.05) is 24.3 Å². The van der Waals surface area contributed by atoms with Gasteiger partial charge in [0.2, 0.25) is 0 Å². The number of hydrogen-bond donors (Lipinski definition) is 2. The molecule has 1 heterocycles. The SMILES string of the molecule is O=C(NOCc1ccc(Cl)c(Cl)c1)c1ccccc1NCc1ccncc1. The molecule has 0 aliphatic carbocycles. The number of rotatable bonds is 7. The van der Waals surface area contributed by atoms with Gasteiger partial charge in [0.25, 0.3) is 5.91 Å². The number of benzene rings is 2. The molecule has 2 N–H and O–H groups in total. The van der Waals surface area contributed by atoms with Crippen molar-refractivity contribution in [1.82, 2.24) is 10.5 Å². The molecule has 0 saturated heterocycles. The highest BCUT2D eigenvalue weighted by Crippen LogP contribution is 2.23. The Morgan fingerprint density at radius 3 is 2.52 bits per heavy atom. The van der Waals surface area contributed by atoms with Crippen molar-refractivity contribution in [3.63, 3.8) is 0 Å². The summed E-state index contributed by atoms with van der Waals surface area (Å²) in [5, 5.41) is 4.17. The molecule has 27 heavy (non-hydrogen) atoms. The number of halogens is 2. The highest BCUT2D eigenvalue weighted by molar-refractivity contribution is 6.42. The number of hydrogen-bond acceptors (Lipinski definition) is 4. The molecule has 3 rings (SSSR count). The average Bonchev–Trinajstić information content (AvgIpc) is 2.70. The Morgan fingerprint density at radius 1 is 0.963 bits per heavy atom. The second kappa shape index (κ2) is 9.37. The molecule has 0 aliphatic heterocycles. The Bertz CT molecular complexity index is 920. The van der Waals surface area contributed by atoms with Gasteiger partial charge >= 0.3 is 0 Å². The first-order valence-electron chi connectivity index (χ1n) is 8.21. The fraction of sp³-hybridized carbons (Fsp3) is 0.100. The van der Waals surface area contributed by atoms with Crippen LogP contribution in [0.2, 0.25) is 10.0 Å². The Morgan fingerprint density at radius 2 is 1.74 bits per heavy atom. The molecule has 5 nitrogen and oxygen atoms in total. The summed E-state index contributed by atoms with van der Waals surface area (Å²) in [7, 11) is 0. The minimum atomic E-state index is -0.340. The average molecular weight is 402 g/mol. The van der Waals surface area contributed by atoms with Gasteiger partial charge in [-0.25, -0.2) is 5.48 Å². The minimum absolute atomic E-state index is 0.176. The molecule has 0 atom stereocenters. The van der Waals surface area contributed by atoms with E-state index in [0.717, 1.165) is 11.1 Å². The molecule has 1 aromatic heterocycles. The molecule has 7 heteroatoms. The van der Waals surface area contributed by atoms with Crippen LogP contribution in [-0.2, 0) is 18.0 Å². The van der Waals surface area contributed by atoms with Crippen LogP contribution in [0.3, 0.4) is 0 Å². The second-order valence-electron chi connectivity index (χ2n) is 5.72. The van der Waals surface area contributed by atoms with E-state index < -0.39 is 0 Å². The summed E-state index contributed by atoms with van der Waals surface area (Å²) < 4.78 is 0. The number of pyridine rings is 1. The van der Waals surface area contributed by atoms with E-state index in [0.29, 0.717) is 27.8 Å². The van der Waals surface area contributed by atoms with Gasteiger partial charge in [0.05, 0.1) is 22.2 Å². The number of amides is 1. The topological polar surface area (TPSA) is 63.2 Å². The summed E-state index contributed by atoms with van der Waals surface area (Å²) in [5.74, 6) is -0.340. The van der Waals surface area contributed by atoms with Crippen molar-refractivity contribution in [3.8, 4) is 0 Å². The molecule has 0 unspecified atom stereocenters. The molecule has 138 valence electrons. The van der Waals surface area contributed by atoms with Crippen molar-refractivity contribution in [2.24, 2.45) is 0 Å². The molecule has 0 radical (unpaired) electrons. The van der Waals surface area contributed by atoms with Crippen LogP contribution in [0.4, 0.5) is 5.69 Å². The van der Waals surface area contributed by atoms with Crippen LogP contribution in [0, 0.1) is 0 Å². The van der Waals surface area contributed by atoms with Crippen LogP contribution in [0.1, 0.15) is 21.5 Å². The number of hydroxylamine groups is 1. The van der Waals surface area contributed by atoms with Crippen LogP contribution in [-0.4, -0.2) is 10.9 Å². The van der Waals surface area contributed by atoms with E-state index in [1.165, 1.54) is 0 Å². The highest BCUT2D eigenvalue weighted by Gasteiger charge is 2.11. The largest absolute Gasteiger partial charge is 0.380 e. The third-order valence-corrected chi connectivity index (χ3v) is 4.53. The zero-order valence-corrected chi connectivity index (χ0v) is 15.8. The van der Waals surface area contributed by atoms with E-state index in [1.54, 1.807) is 42.7 Å². The van der Waals surface area contributed by atoms with Crippen molar-refractivity contribution in [3.05, 3.63) is 93.7 Å². The van der Waals surface area contributed by atoms with Crippen LogP contribution in [0.5, 0.6) is 0 Å². The number of carbonyl (C=O) groups is 1. The second-order valence-corrected chi connectivity index (χ2v) is 6.54. The van der Waals surface area contributed by atoms with Gasteiger partial charge in [-0.1, -0.05) is 41.4 Å². The monoisotopic (exact) mass is 401 g/mol. The predicted octanol–water partition coefficient (Wildman–Crippen LogP) is 4.86. The van der Waals surface area contributed by atoms with Gasteiger partial charge in [0.15, 0.2) is 0 Å². The summed E-state index contributed by atoms with van der Waals surface area (Å²) in [6.45, 7) is 0.756. The standard InChI is InChI=1S/C20H17Cl2N3O2/c21-17-6-5-15(11-18(17)22)13-27-25-20(26)16-3-1-2-4-19(16)24-12-14-7-9-23-10-8-14/h1-11,24H,12-13H2,(H,25,26). The fourth-order valence-corrected chi connectivity index (χ4v) is 2.72. The first kappa shape index (κ1) is 19.2. The Kier molecular flexibility index (Phi) is 6.65. The number of aromatic nitrogens is 1. The molecule has 1 amide bonds. The summed E-state index contributed by atoms with van der Waals surface area (Å²) in [5.41, 5.74) is 5.52. The molecule has 0 aliphatic rings. The predicted molar refractivity (Wildman–Crippen MR) is 107 cm³/mol. The van der Waals surface area contributed by atoms with E-state index in [4.69, 9.17) is 28.0 Å². The lowest BCUT2D eigenvalue weighted by atomic mass is 10.1. The maximum absolute atomic E-state index is 12.5. The van der Waals surface area contributed by atoms with Gasteiger partial charge in [-0.3, -0.25) is 14.6 Å². The van der Waals surface area contributed by atoms with Gasteiger partial charge < -0.3 is 5.32 Å². The van der Waals surface area contributed by atoms with Gasteiger partial charge in [-0.05, 0) is 47.5 Å². The van der Waals surface area contributed by atoms with Gasteiger partial charge in [-0.2, -0.15) is 0 Å². The normalized spacial score (nSPS) is 10.4. The van der Waals surface area contributed by atoms with Crippen molar-refractivity contribution in [1.29, 1.82) is 0 Å². The van der Waals surface area contributed by atoms with Crippen molar-refractivity contribution in [2.45, 2.75) is 13.2 Å². The van der Waals surface area contributed by atoms with Crippen molar-refractivity contribution in [2.75, 3.05) is 5.32 Å². The third-order valence-electron chi connectivity index (χ3n) is 3.79. The smallest absolute Gasteiger partial charge is 0.276 e. The summed E-state index contributed by atoms with van der Waals surface area (Å²) >= 11 is 11.9. The summed E-state index contributed by atoms with van der Waals surface area (Å²) in [6.07, 6.45) is 3.46. The van der Waals surface area contributed by atoms with Crippen LogP contribution in [0.25, 0.3) is 0 Å². The number of carbonyl (C=O) groups excluding carboxylic acids is 1. The lowest BCUT2D eigenvalue weighted by Crippen LogP contribution is -2.24. The van der Waals surface area contributed by atoms with Gasteiger partial charge in [0.1, 0.15) is 0 Å². The molecular formula is C20H17Cl2N3O2. The van der Waals surface area contributed by atoms with Crippen molar-refractivity contribution >= 4 is 34.8 Å². The molecule has 0 spiro atoms. The first-order valence-corrected chi connectivity index (χ1v) is 8.97. The molecular weight excluding hydrogens is 385 g/mol. The van der Waals surface area contributed by atoms with Crippen LogP contribution in [0.15, 0.2) is 67.0 Å². The van der Waals surface area contributed by atoms with Gasteiger partial charge in [0, 0.05) is 24.6 Å². The zero-order valence-electron chi connectivity index (χ0n) is 14.3. The lowest BCUT2D eigenvalue weighted by molar-refractivity contribution is 0.0234. The van der Waals surface area contributed by atoms with E-state index in [9.17, 15) is 4.79 Å². The number of nitrogens with one attached hydrogen (secondary N) is 2. The molecule has 0 bridgehead atoms. The van der Waals surface area contributed by atoms with Crippen LogP contribution < -0.4 is 10.8 Å². The summed E-state index contributed by atoms with van der Waals surface area (Å²) in [6, 6.07) is 16.2. The highest BCUT2D eigenvalue weighted by atomic mass is 35.5. The van der Waals surface area contributed by atoms with E-state index in [-0.39, 0.29) is 12.5 Å². The first-order chi connectivity index (χ1) is 13.1. The minimum Gasteiger partial charge on any atom is -0.380 e. The zero-order chi connectivity index (χ0) is 19.1. The quantitative estimate of drug-likeness (QED) is 0.554. The number of nitrogens with zero attached hydrogens (tertiary/aromatic N) is 1. The molecule has 3 aromatic rings.